The van der Waals surface area contributed by atoms with Gasteiger partial charge in [0.1, 0.15) is 5.82 Å². The van der Waals surface area contributed by atoms with Crippen LogP contribution >= 0.6 is 0 Å². The zero-order valence-electron chi connectivity index (χ0n) is 9.78. The van der Waals surface area contributed by atoms with E-state index < -0.39 is 17.7 Å². The molecule has 0 amide bonds. The van der Waals surface area contributed by atoms with Gasteiger partial charge in [-0.3, -0.25) is 0 Å². The highest BCUT2D eigenvalue weighted by atomic mass is 19.4. The fourth-order valence-electron chi connectivity index (χ4n) is 1.91. The smallest absolute Gasteiger partial charge is 0.383 e. The fraction of sp³-hybridized carbons (Fsp3) is 0.400. The Morgan fingerprint density at radius 3 is 2.39 bits per heavy atom. The zero-order chi connectivity index (χ0) is 13.7. The largest absolute Gasteiger partial charge is 0.416 e. The normalized spacial score (nSPS) is 12.6. The van der Waals surface area contributed by atoms with E-state index >= 15 is 0 Å². The molecule has 0 saturated heterocycles. The fourth-order valence-corrected chi connectivity index (χ4v) is 1.91. The molecule has 0 aliphatic carbocycles. The molecule has 0 aromatic carbocycles. The van der Waals surface area contributed by atoms with Crippen LogP contribution in [0.3, 0.4) is 0 Å². The molecule has 2 heterocycles. The molecular formula is C10H12F3N5. The average Bonchev–Trinajstić information content (AvgIpc) is 2.56. The van der Waals surface area contributed by atoms with Gasteiger partial charge in [0.15, 0.2) is 5.65 Å². The zero-order valence-corrected chi connectivity index (χ0v) is 9.78. The second kappa shape index (κ2) is 3.76. The van der Waals surface area contributed by atoms with Gasteiger partial charge in [0.2, 0.25) is 5.95 Å². The van der Waals surface area contributed by atoms with Crippen molar-refractivity contribution >= 4 is 17.4 Å². The van der Waals surface area contributed by atoms with Crippen LogP contribution < -0.4 is 11.5 Å². The summed E-state index contributed by atoms with van der Waals surface area (Å²) in [5, 5.41) is 3.77. The van der Waals surface area contributed by atoms with Crippen LogP contribution in [-0.2, 0) is 6.18 Å². The van der Waals surface area contributed by atoms with E-state index in [0.29, 0.717) is 0 Å². The van der Waals surface area contributed by atoms with E-state index in [0.717, 1.165) is 10.6 Å². The lowest BCUT2D eigenvalue weighted by Crippen LogP contribution is -2.15. The van der Waals surface area contributed by atoms with Gasteiger partial charge in [-0.05, 0) is 12.0 Å². The average molecular weight is 259 g/mol. The SMILES string of the molecule is CC(C)c1c(C(F)(F)F)cc2nc(N)nn2c1N. The van der Waals surface area contributed by atoms with E-state index in [9.17, 15) is 13.2 Å². The van der Waals surface area contributed by atoms with Gasteiger partial charge in [-0.25, -0.2) is 0 Å². The molecule has 2 rings (SSSR count). The molecule has 0 saturated carbocycles. The van der Waals surface area contributed by atoms with Crippen molar-refractivity contribution in [3.05, 3.63) is 17.2 Å². The first kappa shape index (κ1) is 12.5. The Hall–Kier alpha value is -1.99. The van der Waals surface area contributed by atoms with Crippen molar-refractivity contribution in [3.8, 4) is 0 Å². The molecule has 2 aromatic heterocycles. The van der Waals surface area contributed by atoms with Crippen molar-refractivity contribution in [2.45, 2.75) is 25.9 Å². The highest BCUT2D eigenvalue weighted by Gasteiger charge is 2.36. The quantitative estimate of drug-likeness (QED) is 0.821. The summed E-state index contributed by atoms with van der Waals surface area (Å²) < 4.78 is 40.1. The predicted octanol–water partition coefficient (Wildman–Crippen LogP) is 2.04. The van der Waals surface area contributed by atoms with Crippen LogP contribution in [0.1, 0.15) is 30.9 Å². The van der Waals surface area contributed by atoms with Gasteiger partial charge in [-0.1, -0.05) is 13.8 Å². The van der Waals surface area contributed by atoms with Gasteiger partial charge in [-0.15, -0.1) is 5.10 Å². The predicted molar refractivity (Wildman–Crippen MR) is 60.9 cm³/mol. The van der Waals surface area contributed by atoms with E-state index in [-0.39, 0.29) is 23.0 Å². The monoisotopic (exact) mass is 259 g/mol. The van der Waals surface area contributed by atoms with E-state index in [4.69, 9.17) is 11.5 Å². The molecule has 18 heavy (non-hydrogen) atoms. The summed E-state index contributed by atoms with van der Waals surface area (Å²) in [6.45, 7) is 3.26. The molecule has 98 valence electrons. The topological polar surface area (TPSA) is 82.2 Å². The maximum atomic E-state index is 13.0. The third-order valence-electron chi connectivity index (χ3n) is 2.60. The molecule has 0 unspecified atom stereocenters. The molecule has 0 fully saturated rings. The Bertz CT molecular complexity index is 600. The lowest BCUT2D eigenvalue weighted by molar-refractivity contribution is -0.138. The van der Waals surface area contributed by atoms with E-state index in [1.165, 1.54) is 0 Å². The highest BCUT2D eigenvalue weighted by molar-refractivity contribution is 5.59. The minimum absolute atomic E-state index is 0.0000926. The Labute approximate surface area is 101 Å². The minimum atomic E-state index is -4.49. The molecule has 0 spiro atoms. The van der Waals surface area contributed by atoms with Crippen LogP contribution in [0.4, 0.5) is 24.9 Å². The third-order valence-corrected chi connectivity index (χ3v) is 2.60. The number of hydrogen-bond donors (Lipinski definition) is 2. The summed E-state index contributed by atoms with van der Waals surface area (Å²) in [6.07, 6.45) is -4.49. The highest BCUT2D eigenvalue weighted by Crippen LogP contribution is 2.38. The van der Waals surface area contributed by atoms with Crippen molar-refractivity contribution in [1.82, 2.24) is 14.6 Å². The Morgan fingerprint density at radius 2 is 1.89 bits per heavy atom. The van der Waals surface area contributed by atoms with Crippen LogP contribution in [-0.4, -0.2) is 14.6 Å². The standard InChI is InChI=1S/C10H12F3N5/c1-4(2)7-5(10(11,12)13)3-6-16-9(15)17-18(6)8(7)14/h3-4H,14H2,1-2H3,(H2,15,17). The molecule has 0 aliphatic rings. The number of alkyl halides is 3. The van der Waals surface area contributed by atoms with Crippen LogP contribution in [0.5, 0.6) is 0 Å². The van der Waals surface area contributed by atoms with Crippen LogP contribution in [0.2, 0.25) is 0 Å². The lowest BCUT2D eigenvalue weighted by atomic mass is 9.98. The molecule has 8 heteroatoms. The van der Waals surface area contributed by atoms with Crippen molar-refractivity contribution < 1.29 is 13.2 Å². The van der Waals surface area contributed by atoms with E-state index in [1.54, 1.807) is 13.8 Å². The van der Waals surface area contributed by atoms with Gasteiger partial charge < -0.3 is 11.5 Å². The van der Waals surface area contributed by atoms with Gasteiger partial charge in [0.05, 0.1) is 5.56 Å². The number of aromatic nitrogens is 3. The first-order chi connectivity index (χ1) is 8.21. The first-order valence-electron chi connectivity index (χ1n) is 5.23. The number of anilines is 2. The van der Waals surface area contributed by atoms with Crippen molar-refractivity contribution in [2.75, 3.05) is 11.5 Å². The number of halogens is 3. The summed E-state index contributed by atoms with van der Waals surface area (Å²) in [5.74, 6) is -0.591. The van der Waals surface area contributed by atoms with Crippen LogP contribution in [0.15, 0.2) is 6.07 Å². The maximum absolute atomic E-state index is 13.0. The lowest BCUT2D eigenvalue weighted by Gasteiger charge is -2.18. The van der Waals surface area contributed by atoms with Crippen molar-refractivity contribution in [3.63, 3.8) is 0 Å². The number of nitrogens with two attached hydrogens (primary N) is 2. The maximum Gasteiger partial charge on any atom is 0.416 e. The number of fused-ring (bicyclic) bond motifs is 1. The number of nitrogens with zero attached hydrogens (tertiary/aromatic N) is 3. The van der Waals surface area contributed by atoms with E-state index in [1.807, 2.05) is 0 Å². The Morgan fingerprint density at radius 1 is 1.28 bits per heavy atom. The van der Waals surface area contributed by atoms with E-state index in [2.05, 4.69) is 10.1 Å². The minimum Gasteiger partial charge on any atom is -0.383 e. The second-order valence-corrected chi connectivity index (χ2v) is 4.25. The molecule has 0 bridgehead atoms. The molecule has 2 aromatic rings. The molecule has 0 radical (unpaired) electrons. The van der Waals surface area contributed by atoms with Gasteiger partial charge in [0, 0.05) is 5.56 Å². The summed E-state index contributed by atoms with van der Waals surface area (Å²) in [7, 11) is 0. The molecule has 0 atom stereocenters. The number of rotatable bonds is 1. The second-order valence-electron chi connectivity index (χ2n) is 4.25. The van der Waals surface area contributed by atoms with Gasteiger partial charge in [0.25, 0.3) is 0 Å². The third kappa shape index (κ3) is 1.83. The van der Waals surface area contributed by atoms with Crippen LogP contribution in [0, 0.1) is 0 Å². The Balaban J connectivity index is 2.87. The summed E-state index contributed by atoms with van der Waals surface area (Å²) >= 11 is 0. The van der Waals surface area contributed by atoms with Gasteiger partial charge >= 0.3 is 6.18 Å². The van der Waals surface area contributed by atoms with Crippen LogP contribution in [0.25, 0.3) is 5.65 Å². The molecule has 0 aliphatic heterocycles. The van der Waals surface area contributed by atoms with Crippen molar-refractivity contribution in [1.29, 1.82) is 0 Å². The molecule has 5 nitrogen and oxygen atoms in total. The molecule has 4 N–H and O–H groups in total. The van der Waals surface area contributed by atoms with Crippen molar-refractivity contribution in [2.24, 2.45) is 0 Å². The summed E-state index contributed by atoms with van der Waals surface area (Å²) in [5.41, 5.74) is 10.3. The summed E-state index contributed by atoms with van der Waals surface area (Å²) in [6, 6.07) is 0.912. The number of pyridine rings is 1. The Kier molecular flexibility index (Phi) is 2.60. The number of hydrogen-bond acceptors (Lipinski definition) is 4. The summed E-state index contributed by atoms with van der Waals surface area (Å²) in [4.78, 5) is 3.70. The number of nitrogen functional groups attached to an aromatic ring is 2. The van der Waals surface area contributed by atoms with Gasteiger partial charge in [-0.2, -0.15) is 22.7 Å². The first-order valence-corrected chi connectivity index (χ1v) is 5.23. The molecular weight excluding hydrogens is 247 g/mol.